The first-order valence-electron chi connectivity index (χ1n) is 6.43. The Hall–Kier alpha value is -0.810. The number of nitrogens with zero attached hydrogens (tertiary/aromatic N) is 1. The van der Waals surface area contributed by atoms with Crippen molar-refractivity contribution in [1.29, 1.82) is 0 Å². The maximum atomic E-state index is 12.2. The van der Waals surface area contributed by atoms with Crippen LogP contribution in [0.3, 0.4) is 0 Å². The zero-order chi connectivity index (χ0) is 12.4. The smallest absolute Gasteiger partial charge is 0.239 e. The Kier molecular flexibility index (Phi) is 5.41. The van der Waals surface area contributed by atoms with Gasteiger partial charge in [-0.1, -0.05) is 19.8 Å². The van der Waals surface area contributed by atoms with E-state index in [1.807, 2.05) is 6.92 Å². The minimum atomic E-state index is -0.191. The Labute approximate surface area is 114 Å². The number of hydrogen-bond donors (Lipinski definition) is 2. The number of halogens is 1. The van der Waals surface area contributed by atoms with Crippen LogP contribution >= 0.6 is 12.4 Å². The second-order valence-electron chi connectivity index (χ2n) is 5.13. The van der Waals surface area contributed by atoms with Crippen LogP contribution in [0, 0.1) is 5.92 Å². The Bertz CT molecular complexity index is 324. The molecule has 1 heterocycles. The lowest BCUT2D eigenvalue weighted by molar-refractivity contribution is -0.146. The van der Waals surface area contributed by atoms with E-state index in [4.69, 9.17) is 5.73 Å². The van der Waals surface area contributed by atoms with Gasteiger partial charge in [-0.3, -0.25) is 9.59 Å². The lowest BCUT2D eigenvalue weighted by Crippen LogP contribution is -2.63. The summed E-state index contributed by atoms with van der Waals surface area (Å²) in [6, 6.07) is 0.335. The molecule has 1 saturated heterocycles. The summed E-state index contributed by atoms with van der Waals surface area (Å²) in [5.74, 6) is -0.201. The average Bonchev–Trinajstić information content (AvgIpc) is 2.35. The summed E-state index contributed by atoms with van der Waals surface area (Å²) in [5, 5.41) is 3.00. The highest BCUT2D eigenvalue weighted by molar-refractivity contribution is 5.87. The molecule has 3 unspecified atom stereocenters. The molecule has 0 aromatic heterocycles. The molecule has 5 nitrogen and oxygen atoms in total. The van der Waals surface area contributed by atoms with Gasteiger partial charge in [-0.05, 0) is 12.8 Å². The Morgan fingerprint density at radius 3 is 2.83 bits per heavy atom. The van der Waals surface area contributed by atoms with Crippen LogP contribution in [0.15, 0.2) is 0 Å². The molecule has 2 aliphatic rings. The second kappa shape index (κ2) is 6.38. The van der Waals surface area contributed by atoms with E-state index in [0.29, 0.717) is 6.54 Å². The summed E-state index contributed by atoms with van der Waals surface area (Å²) in [6.07, 6.45) is 4.25. The molecule has 18 heavy (non-hydrogen) atoms. The molecule has 0 bridgehead atoms. The molecule has 3 atom stereocenters. The number of carbonyl (C=O) groups is 2. The summed E-state index contributed by atoms with van der Waals surface area (Å²) >= 11 is 0. The van der Waals surface area contributed by atoms with Gasteiger partial charge < -0.3 is 16.0 Å². The molecule has 1 saturated carbocycles. The minimum Gasteiger partial charge on any atom is -0.350 e. The normalized spacial score (nSPS) is 28.8. The Balaban J connectivity index is 0.00000162. The number of piperazine rings is 1. The third-order valence-electron chi connectivity index (χ3n) is 3.85. The quantitative estimate of drug-likeness (QED) is 0.760. The molecule has 1 aliphatic heterocycles. The molecule has 1 aliphatic carbocycles. The van der Waals surface area contributed by atoms with Crippen LogP contribution in [-0.2, 0) is 9.59 Å². The maximum absolute atomic E-state index is 12.2. The van der Waals surface area contributed by atoms with Crippen molar-refractivity contribution in [3.05, 3.63) is 0 Å². The van der Waals surface area contributed by atoms with Gasteiger partial charge in [0.1, 0.15) is 0 Å². The van der Waals surface area contributed by atoms with E-state index in [1.54, 1.807) is 4.90 Å². The van der Waals surface area contributed by atoms with Crippen LogP contribution in [0.4, 0.5) is 0 Å². The van der Waals surface area contributed by atoms with E-state index in [1.165, 1.54) is 0 Å². The number of carbonyl (C=O) groups excluding carboxylic acids is 2. The van der Waals surface area contributed by atoms with Crippen LogP contribution in [0.25, 0.3) is 0 Å². The van der Waals surface area contributed by atoms with Gasteiger partial charge in [-0.25, -0.2) is 0 Å². The van der Waals surface area contributed by atoms with Crippen LogP contribution in [-0.4, -0.2) is 41.9 Å². The predicted octanol–water partition coefficient (Wildman–Crippen LogP) is 0.273. The molecular weight excluding hydrogens is 254 g/mol. The molecule has 6 heteroatoms. The molecule has 0 aromatic carbocycles. The Morgan fingerprint density at radius 1 is 1.50 bits per heavy atom. The standard InChI is InChI=1S/C12H21N3O2.ClH/c1-8(6-13)12(17)15-7-11(16)14-9-4-2-3-5-10(9)15;/h8-10H,2-7,13H2,1H3,(H,14,16);1H. The highest BCUT2D eigenvalue weighted by Gasteiger charge is 2.39. The first-order valence-corrected chi connectivity index (χ1v) is 6.43. The van der Waals surface area contributed by atoms with Crippen LogP contribution < -0.4 is 11.1 Å². The summed E-state index contributed by atoms with van der Waals surface area (Å²) in [7, 11) is 0. The molecule has 2 rings (SSSR count). The fourth-order valence-electron chi connectivity index (χ4n) is 2.80. The molecular formula is C12H22ClN3O2. The lowest BCUT2D eigenvalue weighted by atomic mass is 9.87. The first kappa shape index (κ1) is 15.2. The van der Waals surface area contributed by atoms with Crippen LogP contribution in [0.1, 0.15) is 32.6 Å². The van der Waals surface area contributed by atoms with Gasteiger partial charge >= 0.3 is 0 Å². The number of nitrogens with two attached hydrogens (primary N) is 1. The summed E-state index contributed by atoms with van der Waals surface area (Å²) in [6.45, 7) is 2.37. The van der Waals surface area contributed by atoms with E-state index in [2.05, 4.69) is 5.32 Å². The van der Waals surface area contributed by atoms with Crippen molar-refractivity contribution in [3.63, 3.8) is 0 Å². The molecule has 0 aromatic rings. The van der Waals surface area contributed by atoms with Gasteiger partial charge in [0, 0.05) is 18.5 Å². The molecule has 2 fully saturated rings. The van der Waals surface area contributed by atoms with E-state index < -0.39 is 0 Å². The summed E-state index contributed by atoms with van der Waals surface area (Å²) in [5.41, 5.74) is 5.53. The van der Waals surface area contributed by atoms with Crippen molar-refractivity contribution >= 4 is 24.2 Å². The maximum Gasteiger partial charge on any atom is 0.239 e. The average molecular weight is 276 g/mol. The van der Waals surface area contributed by atoms with Crippen molar-refractivity contribution in [2.75, 3.05) is 13.1 Å². The zero-order valence-electron chi connectivity index (χ0n) is 10.7. The third-order valence-corrected chi connectivity index (χ3v) is 3.85. The number of nitrogens with one attached hydrogen (secondary N) is 1. The van der Waals surface area contributed by atoms with Gasteiger partial charge in [-0.2, -0.15) is 0 Å². The fraction of sp³-hybridized carbons (Fsp3) is 0.833. The van der Waals surface area contributed by atoms with Gasteiger partial charge in [0.15, 0.2) is 0 Å². The van der Waals surface area contributed by atoms with Gasteiger partial charge in [0.25, 0.3) is 0 Å². The monoisotopic (exact) mass is 275 g/mol. The van der Waals surface area contributed by atoms with E-state index in [-0.39, 0.29) is 48.8 Å². The summed E-state index contributed by atoms with van der Waals surface area (Å²) < 4.78 is 0. The number of hydrogen-bond acceptors (Lipinski definition) is 3. The fourth-order valence-corrected chi connectivity index (χ4v) is 2.80. The van der Waals surface area contributed by atoms with E-state index in [0.717, 1.165) is 25.7 Å². The number of rotatable bonds is 2. The second-order valence-corrected chi connectivity index (χ2v) is 5.13. The molecule has 0 radical (unpaired) electrons. The van der Waals surface area contributed by atoms with Crippen molar-refractivity contribution in [1.82, 2.24) is 10.2 Å². The number of fused-ring (bicyclic) bond motifs is 1. The Morgan fingerprint density at radius 2 is 2.17 bits per heavy atom. The predicted molar refractivity (Wildman–Crippen MR) is 71.4 cm³/mol. The molecule has 3 N–H and O–H groups in total. The van der Waals surface area contributed by atoms with Gasteiger partial charge in [0.05, 0.1) is 12.6 Å². The summed E-state index contributed by atoms with van der Waals surface area (Å²) in [4.78, 5) is 25.6. The molecule has 0 spiro atoms. The van der Waals surface area contributed by atoms with Crippen molar-refractivity contribution < 1.29 is 9.59 Å². The van der Waals surface area contributed by atoms with Gasteiger partial charge in [-0.15, -0.1) is 12.4 Å². The van der Waals surface area contributed by atoms with Crippen molar-refractivity contribution in [3.8, 4) is 0 Å². The van der Waals surface area contributed by atoms with E-state index >= 15 is 0 Å². The van der Waals surface area contributed by atoms with Gasteiger partial charge in [0.2, 0.25) is 11.8 Å². The largest absolute Gasteiger partial charge is 0.350 e. The van der Waals surface area contributed by atoms with Crippen molar-refractivity contribution in [2.45, 2.75) is 44.7 Å². The molecule has 104 valence electrons. The first-order chi connectivity index (χ1) is 8.13. The number of amides is 2. The zero-order valence-corrected chi connectivity index (χ0v) is 11.5. The topological polar surface area (TPSA) is 75.4 Å². The van der Waals surface area contributed by atoms with Crippen LogP contribution in [0.5, 0.6) is 0 Å². The lowest BCUT2D eigenvalue weighted by Gasteiger charge is -2.44. The van der Waals surface area contributed by atoms with Crippen molar-refractivity contribution in [2.24, 2.45) is 11.7 Å². The SMILES string of the molecule is CC(CN)C(=O)N1CC(=O)NC2CCCCC21.Cl. The third kappa shape index (κ3) is 2.95. The highest BCUT2D eigenvalue weighted by atomic mass is 35.5. The highest BCUT2D eigenvalue weighted by Crippen LogP contribution is 2.26. The van der Waals surface area contributed by atoms with E-state index in [9.17, 15) is 9.59 Å². The minimum absolute atomic E-state index is 0. The molecule has 2 amide bonds. The van der Waals surface area contributed by atoms with Crippen LogP contribution in [0.2, 0.25) is 0 Å².